The van der Waals surface area contributed by atoms with E-state index < -0.39 is 6.10 Å². The van der Waals surface area contributed by atoms with Crippen LogP contribution >= 0.6 is 0 Å². The number of aryl methyl sites for hydroxylation is 1. The molecular weight excluding hydrogens is 214 g/mol. The average molecular weight is 237 g/mol. The summed E-state index contributed by atoms with van der Waals surface area (Å²) in [6.45, 7) is 6.64. The molecule has 1 aromatic rings. The van der Waals surface area contributed by atoms with Crippen LogP contribution in [0.4, 0.5) is 0 Å². The Labute approximate surface area is 103 Å². The van der Waals surface area contributed by atoms with E-state index in [0.717, 1.165) is 31.8 Å². The number of imidazole rings is 1. The zero-order valence-electron chi connectivity index (χ0n) is 11.0. The normalized spacial score (nSPS) is 21.0. The summed E-state index contributed by atoms with van der Waals surface area (Å²) in [5.41, 5.74) is 0. The van der Waals surface area contributed by atoms with E-state index in [0.29, 0.717) is 12.0 Å². The summed E-state index contributed by atoms with van der Waals surface area (Å²) >= 11 is 0. The van der Waals surface area contributed by atoms with Gasteiger partial charge in [0, 0.05) is 25.5 Å². The Kier molecular flexibility index (Phi) is 3.84. The van der Waals surface area contributed by atoms with Gasteiger partial charge in [0.1, 0.15) is 11.9 Å². The van der Waals surface area contributed by atoms with Crippen molar-refractivity contribution in [2.24, 2.45) is 13.0 Å². The number of hydrogen-bond acceptors (Lipinski definition) is 3. The van der Waals surface area contributed by atoms with Gasteiger partial charge in [0.25, 0.3) is 0 Å². The lowest BCUT2D eigenvalue weighted by molar-refractivity contribution is 0.0430. The molecule has 1 aliphatic heterocycles. The second-order valence-corrected chi connectivity index (χ2v) is 5.31. The fraction of sp³-hybridized carbons (Fsp3) is 0.769. The number of hydrogen-bond donors (Lipinski definition) is 1. The molecule has 1 saturated heterocycles. The largest absolute Gasteiger partial charge is 0.385 e. The number of rotatable bonds is 3. The summed E-state index contributed by atoms with van der Waals surface area (Å²) in [4.78, 5) is 6.72. The minimum Gasteiger partial charge on any atom is -0.385 e. The van der Waals surface area contributed by atoms with E-state index in [1.165, 1.54) is 0 Å². The molecule has 1 aromatic heterocycles. The Hall–Kier alpha value is -0.870. The molecular formula is C13H23N3O. The third-order valence-corrected chi connectivity index (χ3v) is 3.87. The van der Waals surface area contributed by atoms with E-state index in [4.69, 9.17) is 0 Å². The van der Waals surface area contributed by atoms with Crippen molar-refractivity contribution >= 4 is 0 Å². The first-order valence-electron chi connectivity index (χ1n) is 6.49. The van der Waals surface area contributed by atoms with Crippen molar-refractivity contribution < 1.29 is 5.11 Å². The molecule has 17 heavy (non-hydrogen) atoms. The summed E-state index contributed by atoms with van der Waals surface area (Å²) in [5.74, 6) is 1.15. The standard InChI is InChI=1S/C13H23N3O/c1-10(2)16-7-4-11(5-8-16)12(17)13-14-6-9-15(13)3/h6,9-12,17H,4-5,7-8H2,1-3H3/t12-/m1/s1. The van der Waals surface area contributed by atoms with Crippen LogP contribution in [0.2, 0.25) is 0 Å². The molecule has 1 fully saturated rings. The van der Waals surface area contributed by atoms with E-state index in [-0.39, 0.29) is 0 Å². The lowest BCUT2D eigenvalue weighted by Crippen LogP contribution is -2.40. The first-order chi connectivity index (χ1) is 8.09. The van der Waals surface area contributed by atoms with Crippen molar-refractivity contribution in [2.75, 3.05) is 13.1 Å². The Morgan fingerprint density at radius 3 is 2.47 bits per heavy atom. The fourth-order valence-corrected chi connectivity index (χ4v) is 2.62. The Balaban J connectivity index is 1.95. The first kappa shape index (κ1) is 12.6. The Bertz CT molecular complexity index is 353. The maximum absolute atomic E-state index is 10.3. The van der Waals surface area contributed by atoms with E-state index in [1.54, 1.807) is 6.20 Å². The fourth-order valence-electron chi connectivity index (χ4n) is 2.62. The summed E-state index contributed by atoms with van der Waals surface area (Å²) in [5, 5.41) is 10.3. The van der Waals surface area contributed by atoms with Gasteiger partial charge in [0.2, 0.25) is 0 Å². The van der Waals surface area contributed by atoms with Crippen LogP contribution < -0.4 is 0 Å². The monoisotopic (exact) mass is 237 g/mol. The van der Waals surface area contributed by atoms with E-state index in [9.17, 15) is 5.11 Å². The Morgan fingerprint density at radius 1 is 1.35 bits per heavy atom. The van der Waals surface area contributed by atoms with Crippen molar-refractivity contribution in [2.45, 2.75) is 38.8 Å². The molecule has 0 aromatic carbocycles. The zero-order valence-corrected chi connectivity index (χ0v) is 11.0. The van der Waals surface area contributed by atoms with E-state index in [2.05, 4.69) is 23.7 Å². The molecule has 0 amide bonds. The highest BCUT2D eigenvalue weighted by Gasteiger charge is 2.28. The first-order valence-corrected chi connectivity index (χ1v) is 6.49. The number of aliphatic hydroxyl groups excluding tert-OH is 1. The minimum atomic E-state index is -0.413. The second-order valence-electron chi connectivity index (χ2n) is 5.31. The number of nitrogens with zero attached hydrogens (tertiary/aromatic N) is 3. The predicted octanol–water partition coefficient (Wildman–Crippen LogP) is 1.57. The number of likely N-dealkylation sites (tertiary alicyclic amines) is 1. The molecule has 1 atom stereocenters. The third kappa shape index (κ3) is 2.69. The zero-order chi connectivity index (χ0) is 12.4. The number of piperidine rings is 1. The van der Waals surface area contributed by atoms with Crippen LogP contribution in [0.1, 0.15) is 38.6 Å². The molecule has 0 saturated carbocycles. The summed E-state index contributed by atoms with van der Waals surface area (Å²) in [6, 6.07) is 0.612. The molecule has 0 bridgehead atoms. The Morgan fingerprint density at radius 2 is 2.00 bits per heavy atom. The highest BCUT2D eigenvalue weighted by Crippen LogP contribution is 2.30. The van der Waals surface area contributed by atoms with Gasteiger partial charge < -0.3 is 14.6 Å². The summed E-state index contributed by atoms with van der Waals surface area (Å²) < 4.78 is 1.92. The van der Waals surface area contributed by atoms with Crippen molar-refractivity contribution in [3.63, 3.8) is 0 Å². The van der Waals surface area contributed by atoms with Crippen LogP contribution in [-0.2, 0) is 7.05 Å². The predicted molar refractivity (Wildman–Crippen MR) is 67.6 cm³/mol. The van der Waals surface area contributed by atoms with Crippen LogP contribution in [0.5, 0.6) is 0 Å². The van der Waals surface area contributed by atoms with E-state index in [1.807, 2.05) is 17.8 Å². The topological polar surface area (TPSA) is 41.3 Å². The third-order valence-electron chi connectivity index (χ3n) is 3.87. The maximum Gasteiger partial charge on any atom is 0.137 e. The van der Waals surface area contributed by atoms with Gasteiger partial charge >= 0.3 is 0 Å². The molecule has 1 aliphatic rings. The van der Waals surface area contributed by atoms with Gasteiger partial charge in [-0.05, 0) is 45.7 Å². The van der Waals surface area contributed by atoms with Crippen molar-refractivity contribution in [1.82, 2.24) is 14.5 Å². The lowest BCUT2D eigenvalue weighted by Gasteiger charge is -2.36. The van der Waals surface area contributed by atoms with Crippen molar-refractivity contribution in [3.05, 3.63) is 18.2 Å². The highest BCUT2D eigenvalue weighted by atomic mass is 16.3. The van der Waals surface area contributed by atoms with Gasteiger partial charge in [0.15, 0.2) is 0 Å². The molecule has 0 radical (unpaired) electrons. The molecule has 2 heterocycles. The lowest BCUT2D eigenvalue weighted by atomic mass is 9.90. The van der Waals surface area contributed by atoms with Crippen molar-refractivity contribution in [3.8, 4) is 0 Å². The second kappa shape index (κ2) is 5.19. The SMILES string of the molecule is CC(C)N1CCC([C@@H](O)c2nccn2C)CC1. The average Bonchev–Trinajstić information content (AvgIpc) is 2.74. The van der Waals surface area contributed by atoms with Gasteiger partial charge in [-0.25, -0.2) is 4.98 Å². The molecule has 1 N–H and O–H groups in total. The van der Waals surface area contributed by atoms with Crippen molar-refractivity contribution in [1.29, 1.82) is 0 Å². The van der Waals surface area contributed by atoms with Gasteiger partial charge in [-0.2, -0.15) is 0 Å². The summed E-state index contributed by atoms with van der Waals surface area (Å²) in [6.07, 6.45) is 5.35. The van der Waals surface area contributed by atoms with Crippen LogP contribution in [0.3, 0.4) is 0 Å². The molecule has 4 nitrogen and oxygen atoms in total. The smallest absolute Gasteiger partial charge is 0.137 e. The minimum absolute atomic E-state index is 0.353. The maximum atomic E-state index is 10.3. The molecule has 0 unspecified atom stereocenters. The van der Waals surface area contributed by atoms with E-state index >= 15 is 0 Å². The van der Waals surface area contributed by atoms with Gasteiger partial charge in [-0.15, -0.1) is 0 Å². The van der Waals surface area contributed by atoms with Gasteiger partial charge in [-0.3, -0.25) is 0 Å². The number of aromatic nitrogens is 2. The van der Waals surface area contributed by atoms with Crippen LogP contribution in [0, 0.1) is 5.92 Å². The quantitative estimate of drug-likeness (QED) is 0.867. The molecule has 2 rings (SSSR count). The highest BCUT2D eigenvalue weighted by molar-refractivity contribution is 4.98. The molecule has 96 valence electrons. The molecule has 0 spiro atoms. The van der Waals surface area contributed by atoms with Gasteiger partial charge in [-0.1, -0.05) is 0 Å². The van der Waals surface area contributed by atoms with Crippen LogP contribution in [0.15, 0.2) is 12.4 Å². The summed E-state index contributed by atoms with van der Waals surface area (Å²) in [7, 11) is 1.94. The molecule has 0 aliphatic carbocycles. The van der Waals surface area contributed by atoms with Gasteiger partial charge in [0.05, 0.1) is 0 Å². The molecule has 4 heteroatoms. The number of aliphatic hydroxyl groups is 1. The van der Waals surface area contributed by atoms with Crippen LogP contribution in [-0.4, -0.2) is 38.7 Å². The van der Waals surface area contributed by atoms with Crippen LogP contribution in [0.25, 0.3) is 0 Å².